The molecule has 1 aliphatic heterocycles. The molecule has 0 saturated carbocycles. The van der Waals surface area contributed by atoms with Crippen molar-refractivity contribution in [3.63, 3.8) is 0 Å². The van der Waals surface area contributed by atoms with E-state index in [4.69, 9.17) is 4.74 Å². The van der Waals surface area contributed by atoms with Gasteiger partial charge >= 0.3 is 0 Å². The Bertz CT molecular complexity index is 577. The fourth-order valence-corrected chi connectivity index (χ4v) is 2.78. The van der Waals surface area contributed by atoms with Gasteiger partial charge in [-0.1, -0.05) is 12.1 Å². The van der Waals surface area contributed by atoms with Crippen LogP contribution >= 0.6 is 0 Å². The van der Waals surface area contributed by atoms with Crippen LogP contribution in [0.3, 0.4) is 0 Å². The van der Waals surface area contributed by atoms with Gasteiger partial charge in [0.05, 0.1) is 12.8 Å². The molecule has 104 valence electrons. The molecule has 3 heteroatoms. The Morgan fingerprint density at radius 3 is 3.00 bits per heavy atom. The second kappa shape index (κ2) is 6.06. The minimum Gasteiger partial charge on any atom is -0.497 e. The van der Waals surface area contributed by atoms with E-state index in [1.165, 1.54) is 18.4 Å². The van der Waals surface area contributed by atoms with E-state index in [9.17, 15) is 0 Å². The number of benzene rings is 1. The lowest BCUT2D eigenvalue weighted by Gasteiger charge is -2.23. The molecule has 0 amide bonds. The van der Waals surface area contributed by atoms with Crippen molar-refractivity contribution in [2.45, 2.75) is 18.8 Å². The molecule has 1 aliphatic rings. The summed E-state index contributed by atoms with van der Waals surface area (Å²) in [4.78, 5) is 4.50. The molecule has 0 radical (unpaired) electrons. The maximum atomic E-state index is 5.29. The van der Waals surface area contributed by atoms with E-state index in [2.05, 4.69) is 28.5 Å². The minimum absolute atomic E-state index is 0.608. The predicted molar refractivity (Wildman–Crippen MR) is 81.1 cm³/mol. The van der Waals surface area contributed by atoms with Gasteiger partial charge in [0.15, 0.2) is 0 Å². The third-order valence-corrected chi connectivity index (χ3v) is 3.92. The van der Waals surface area contributed by atoms with E-state index < -0.39 is 0 Å². The van der Waals surface area contributed by atoms with Gasteiger partial charge in [0.2, 0.25) is 0 Å². The Hall–Kier alpha value is -1.87. The molecule has 1 atom stereocenters. The van der Waals surface area contributed by atoms with E-state index in [0.29, 0.717) is 5.92 Å². The van der Waals surface area contributed by atoms with Crippen molar-refractivity contribution in [1.29, 1.82) is 0 Å². The zero-order valence-corrected chi connectivity index (χ0v) is 11.8. The topological polar surface area (TPSA) is 34.1 Å². The Balaban J connectivity index is 1.89. The summed E-state index contributed by atoms with van der Waals surface area (Å²) in [5.74, 6) is 1.48. The number of hydrogen-bond donors (Lipinski definition) is 1. The van der Waals surface area contributed by atoms with Gasteiger partial charge < -0.3 is 10.1 Å². The highest BCUT2D eigenvalue weighted by Gasteiger charge is 2.15. The van der Waals surface area contributed by atoms with Crippen LogP contribution in [0.5, 0.6) is 5.75 Å². The summed E-state index contributed by atoms with van der Waals surface area (Å²) in [6.07, 6.45) is 4.43. The standard InChI is InChI=1S/C17H20N2O/c1-20-16-6-2-4-14(10-16)17-11-13(7-9-19-17)15-5-3-8-18-12-15/h2,4,6-7,9-11,15,18H,3,5,8,12H2,1H3. The first-order valence-corrected chi connectivity index (χ1v) is 7.18. The molecule has 0 spiro atoms. The Labute approximate surface area is 120 Å². The second-order valence-electron chi connectivity index (χ2n) is 5.25. The Morgan fingerprint density at radius 2 is 2.20 bits per heavy atom. The SMILES string of the molecule is COc1cccc(-c2cc(C3CCCNC3)ccn2)c1. The summed E-state index contributed by atoms with van der Waals surface area (Å²) in [5.41, 5.74) is 3.51. The summed E-state index contributed by atoms with van der Waals surface area (Å²) in [6, 6.07) is 12.4. The summed E-state index contributed by atoms with van der Waals surface area (Å²) >= 11 is 0. The Morgan fingerprint density at radius 1 is 1.25 bits per heavy atom. The lowest BCUT2D eigenvalue weighted by atomic mass is 9.91. The molecule has 0 aliphatic carbocycles. The van der Waals surface area contributed by atoms with Gasteiger partial charge in [0.25, 0.3) is 0 Å². The van der Waals surface area contributed by atoms with E-state index >= 15 is 0 Å². The van der Waals surface area contributed by atoms with Gasteiger partial charge in [0.1, 0.15) is 5.75 Å². The number of piperidine rings is 1. The molecule has 1 aromatic carbocycles. The lowest BCUT2D eigenvalue weighted by Crippen LogP contribution is -2.28. The molecule has 2 heterocycles. The molecule has 2 aromatic rings. The first-order chi connectivity index (χ1) is 9.86. The smallest absolute Gasteiger partial charge is 0.119 e. The number of hydrogen-bond acceptors (Lipinski definition) is 3. The maximum Gasteiger partial charge on any atom is 0.119 e. The van der Waals surface area contributed by atoms with Crippen molar-refractivity contribution in [1.82, 2.24) is 10.3 Å². The molecule has 1 aromatic heterocycles. The quantitative estimate of drug-likeness (QED) is 0.928. The molecular weight excluding hydrogens is 248 g/mol. The van der Waals surface area contributed by atoms with Crippen LogP contribution < -0.4 is 10.1 Å². The van der Waals surface area contributed by atoms with Crippen LogP contribution in [-0.4, -0.2) is 25.2 Å². The van der Waals surface area contributed by atoms with E-state index in [0.717, 1.165) is 30.1 Å². The van der Waals surface area contributed by atoms with Crippen molar-refractivity contribution in [3.8, 4) is 17.0 Å². The van der Waals surface area contributed by atoms with Crippen molar-refractivity contribution < 1.29 is 4.74 Å². The zero-order valence-electron chi connectivity index (χ0n) is 11.8. The average molecular weight is 268 g/mol. The molecule has 20 heavy (non-hydrogen) atoms. The van der Waals surface area contributed by atoms with Gasteiger partial charge in [-0.2, -0.15) is 0 Å². The summed E-state index contributed by atoms with van der Waals surface area (Å²) in [5, 5.41) is 3.47. The molecule has 1 unspecified atom stereocenters. The van der Waals surface area contributed by atoms with Crippen LogP contribution in [0.2, 0.25) is 0 Å². The van der Waals surface area contributed by atoms with Crippen molar-refractivity contribution in [2.24, 2.45) is 0 Å². The first-order valence-electron chi connectivity index (χ1n) is 7.18. The van der Waals surface area contributed by atoms with Crippen molar-refractivity contribution in [2.75, 3.05) is 20.2 Å². The normalized spacial score (nSPS) is 18.8. The molecular formula is C17H20N2O. The number of rotatable bonds is 3. The number of pyridine rings is 1. The highest BCUT2D eigenvalue weighted by Crippen LogP contribution is 2.27. The fourth-order valence-electron chi connectivity index (χ4n) is 2.78. The van der Waals surface area contributed by atoms with Crippen molar-refractivity contribution in [3.05, 3.63) is 48.2 Å². The second-order valence-corrected chi connectivity index (χ2v) is 5.25. The molecule has 1 saturated heterocycles. The minimum atomic E-state index is 0.608. The third-order valence-electron chi connectivity index (χ3n) is 3.92. The van der Waals surface area contributed by atoms with Gasteiger partial charge in [-0.15, -0.1) is 0 Å². The maximum absolute atomic E-state index is 5.29. The number of methoxy groups -OCH3 is 1. The van der Waals surface area contributed by atoms with E-state index in [1.807, 2.05) is 24.4 Å². The van der Waals surface area contributed by atoms with Gasteiger partial charge in [0, 0.05) is 18.3 Å². The van der Waals surface area contributed by atoms with Crippen LogP contribution in [0.15, 0.2) is 42.6 Å². The summed E-state index contributed by atoms with van der Waals surface area (Å²) in [7, 11) is 1.69. The average Bonchev–Trinajstić information content (AvgIpc) is 2.56. The lowest BCUT2D eigenvalue weighted by molar-refractivity contribution is 0.415. The van der Waals surface area contributed by atoms with Crippen LogP contribution in [0, 0.1) is 0 Å². The monoisotopic (exact) mass is 268 g/mol. The van der Waals surface area contributed by atoms with Crippen molar-refractivity contribution >= 4 is 0 Å². The summed E-state index contributed by atoms with van der Waals surface area (Å²) < 4.78 is 5.29. The number of aromatic nitrogens is 1. The van der Waals surface area contributed by atoms with E-state index in [-0.39, 0.29) is 0 Å². The third kappa shape index (κ3) is 2.83. The van der Waals surface area contributed by atoms with Gasteiger partial charge in [-0.3, -0.25) is 4.98 Å². The molecule has 1 N–H and O–H groups in total. The molecule has 3 nitrogen and oxygen atoms in total. The van der Waals surface area contributed by atoms with Gasteiger partial charge in [-0.25, -0.2) is 0 Å². The summed E-state index contributed by atoms with van der Waals surface area (Å²) in [6.45, 7) is 2.21. The number of nitrogens with one attached hydrogen (secondary N) is 1. The molecule has 0 bridgehead atoms. The van der Waals surface area contributed by atoms with Gasteiger partial charge in [-0.05, 0) is 55.1 Å². The molecule has 3 rings (SSSR count). The van der Waals surface area contributed by atoms with Crippen LogP contribution in [-0.2, 0) is 0 Å². The van der Waals surface area contributed by atoms with Crippen LogP contribution in [0.1, 0.15) is 24.3 Å². The highest BCUT2D eigenvalue weighted by atomic mass is 16.5. The number of nitrogens with zero attached hydrogens (tertiary/aromatic N) is 1. The molecule has 1 fully saturated rings. The zero-order chi connectivity index (χ0) is 13.8. The fraction of sp³-hybridized carbons (Fsp3) is 0.353. The number of ether oxygens (including phenoxy) is 1. The van der Waals surface area contributed by atoms with E-state index in [1.54, 1.807) is 7.11 Å². The van der Waals surface area contributed by atoms with Crippen LogP contribution in [0.4, 0.5) is 0 Å². The Kier molecular flexibility index (Phi) is 3.97. The predicted octanol–water partition coefficient (Wildman–Crippen LogP) is 3.22. The first kappa shape index (κ1) is 13.1. The van der Waals surface area contributed by atoms with Crippen LogP contribution in [0.25, 0.3) is 11.3 Å². The largest absolute Gasteiger partial charge is 0.497 e. The highest BCUT2D eigenvalue weighted by molar-refractivity contribution is 5.61.